The van der Waals surface area contributed by atoms with Crippen LogP contribution in [0.4, 0.5) is 0 Å². The first-order valence-corrected chi connectivity index (χ1v) is 6.84. The standard InChI is InChI=1S/C13H19N5O/c1-3-4-11-15-13(19-16-11)10(2)18-8-7-17-6-5-14-12(17)9-18/h5-6,10H,3-4,7-9H2,1-2H3/t10-/m0/s1. The molecule has 0 amide bonds. The molecule has 2 aromatic rings. The lowest BCUT2D eigenvalue weighted by Gasteiger charge is -2.30. The zero-order valence-corrected chi connectivity index (χ0v) is 11.4. The molecule has 0 bridgehead atoms. The molecule has 0 unspecified atom stereocenters. The first-order valence-electron chi connectivity index (χ1n) is 6.84. The normalized spacial score (nSPS) is 17.4. The lowest BCUT2D eigenvalue weighted by molar-refractivity contribution is 0.136. The fraction of sp³-hybridized carbons (Fsp3) is 0.615. The minimum Gasteiger partial charge on any atom is -0.338 e. The number of rotatable bonds is 4. The summed E-state index contributed by atoms with van der Waals surface area (Å²) < 4.78 is 7.57. The van der Waals surface area contributed by atoms with E-state index in [0.29, 0.717) is 5.89 Å². The van der Waals surface area contributed by atoms with Crippen LogP contribution in [0, 0.1) is 0 Å². The molecule has 102 valence electrons. The lowest BCUT2D eigenvalue weighted by atomic mass is 10.2. The maximum Gasteiger partial charge on any atom is 0.243 e. The van der Waals surface area contributed by atoms with Gasteiger partial charge in [-0.1, -0.05) is 12.1 Å². The molecule has 0 aromatic carbocycles. The van der Waals surface area contributed by atoms with Gasteiger partial charge < -0.3 is 9.09 Å². The summed E-state index contributed by atoms with van der Waals surface area (Å²) >= 11 is 0. The van der Waals surface area contributed by atoms with Crippen molar-refractivity contribution in [2.75, 3.05) is 6.54 Å². The van der Waals surface area contributed by atoms with Crippen molar-refractivity contribution in [3.63, 3.8) is 0 Å². The summed E-state index contributed by atoms with van der Waals surface area (Å²) in [5.74, 6) is 2.62. The van der Waals surface area contributed by atoms with Gasteiger partial charge in [-0.25, -0.2) is 4.98 Å². The van der Waals surface area contributed by atoms with Crippen molar-refractivity contribution in [3.05, 3.63) is 29.9 Å². The van der Waals surface area contributed by atoms with E-state index in [-0.39, 0.29) is 6.04 Å². The number of imidazole rings is 1. The molecular formula is C13H19N5O. The molecule has 6 nitrogen and oxygen atoms in total. The zero-order valence-electron chi connectivity index (χ0n) is 11.4. The second-order valence-electron chi connectivity index (χ2n) is 4.98. The molecule has 2 aromatic heterocycles. The monoisotopic (exact) mass is 261 g/mol. The van der Waals surface area contributed by atoms with E-state index in [2.05, 4.69) is 38.4 Å². The second-order valence-corrected chi connectivity index (χ2v) is 4.98. The maximum atomic E-state index is 5.37. The summed E-state index contributed by atoms with van der Waals surface area (Å²) in [5, 5.41) is 4.02. The topological polar surface area (TPSA) is 60.0 Å². The highest BCUT2D eigenvalue weighted by molar-refractivity contribution is 4.99. The van der Waals surface area contributed by atoms with E-state index in [1.165, 1.54) is 0 Å². The van der Waals surface area contributed by atoms with E-state index in [0.717, 1.165) is 44.1 Å². The van der Waals surface area contributed by atoms with Crippen molar-refractivity contribution < 1.29 is 4.52 Å². The molecule has 0 spiro atoms. The quantitative estimate of drug-likeness (QED) is 0.839. The minimum absolute atomic E-state index is 0.142. The summed E-state index contributed by atoms with van der Waals surface area (Å²) in [5.41, 5.74) is 0. The van der Waals surface area contributed by atoms with E-state index >= 15 is 0 Å². The summed E-state index contributed by atoms with van der Waals surface area (Å²) in [7, 11) is 0. The van der Waals surface area contributed by atoms with Gasteiger partial charge in [-0.15, -0.1) is 0 Å². The van der Waals surface area contributed by atoms with E-state index in [4.69, 9.17) is 4.52 Å². The van der Waals surface area contributed by atoms with Crippen molar-refractivity contribution in [3.8, 4) is 0 Å². The Balaban J connectivity index is 1.72. The Hall–Kier alpha value is -1.69. The molecule has 0 N–H and O–H groups in total. The average molecular weight is 261 g/mol. The highest BCUT2D eigenvalue weighted by Gasteiger charge is 2.25. The van der Waals surface area contributed by atoms with Gasteiger partial charge in [0, 0.05) is 31.9 Å². The van der Waals surface area contributed by atoms with Gasteiger partial charge in [0.2, 0.25) is 5.89 Å². The Labute approximate surface area is 112 Å². The Morgan fingerprint density at radius 2 is 2.32 bits per heavy atom. The highest BCUT2D eigenvalue weighted by atomic mass is 16.5. The number of aromatic nitrogens is 4. The summed E-state index contributed by atoms with van der Waals surface area (Å²) in [6, 6.07) is 0.142. The maximum absolute atomic E-state index is 5.37. The molecule has 3 rings (SSSR count). The zero-order chi connectivity index (χ0) is 13.2. The van der Waals surface area contributed by atoms with Crippen LogP contribution in [0.1, 0.15) is 43.8 Å². The Morgan fingerprint density at radius 1 is 1.42 bits per heavy atom. The molecular weight excluding hydrogens is 242 g/mol. The van der Waals surface area contributed by atoms with Gasteiger partial charge in [-0.3, -0.25) is 4.90 Å². The summed E-state index contributed by atoms with van der Waals surface area (Å²) in [4.78, 5) is 11.2. The van der Waals surface area contributed by atoms with Crippen LogP contribution in [0.15, 0.2) is 16.9 Å². The third-order valence-electron chi connectivity index (χ3n) is 3.64. The van der Waals surface area contributed by atoms with Crippen LogP contribution in [0.3, 0.4) is 0 Å². The van der Waals surface area contributed by atoms with Gasteiger partial charge in [0.15, 0.2) is 5.82 Å². The third-order valence-corrected chi connectivity index (χ3v) is 3.64. The van der Waals surface area contributed by atoms with Crippen LogP contribution in [-0.2, 0) is 19.5 Å². The molecule has 0 saturated carbocycles. The van der Waals surface area contributed by atoms with E-state index in [9.17, 15) is 0 Å². The molecule has 0 radical (unpaired) electrons. The van der Waals surface area contributed by atoms with Gasteiger partial charge >= 0.3 is 0 Å². The van der Waals surface area contributed by atoms with E-state index in [1.54, 1.807) is 0 Å². The molecule has 0 fully saturated rings. The number of hydrogen-bond acceptors (Lipinski definition) is 5. The molecule has 1 atom stereocenters. The van der Waals surface area contributed by atoms with E-state index in [1.807, 2.05) is 12.4 Å². The summed E-state index contributed by atoms with van der Waals surface area (Å²) in [6.45, 7) is 7.01. The smallest absolute Gasteiger partial charge is 0.243 e. The molecule has 1 aliphatic rings. The van der Waals surface area contributed by atoms with Crippen molar-refractivity contribution in [2.24, 2.45) is 0 Å². The Kier molecular flexibility index (Phi) is 3.33. The van der Waals surface area contributed by atoms with Crippen molar-refractivity contribution in [1.82, 2.24) is 24.6 Å². The van der Waals surface area contributed by atoms with Crippen molar-refractivity contribution in [2.45, 2.75) is 45.8 Å². The van der Waals surface area contributed by atoms with Gasteiger partial charge in [0.05, 0.1) is 12.6 Å². The molecule has 6 heteroatoms. The predicted octanol–water partition coefficient (Wildman–Crippen LogP) is 1.80. The van der Waals surface area contributed by atoms with Gasteiger partial charge in [-0.2, -0.15) is 4.98 Å². The van der Waals surface area contributed by atoms with Gasteiger partial charge in [0.1, 0.15) is 5.82 Å². The number of fused-ring (bicyclic) bond motifs is 1. The Morgan fingerprint density at radius 3 is 3.16 bits per heavy atom. The molecule has 0 aliphatic carbocycles. The fourth-order valence-corrected chi connectivity index (χ4v) is 2.44. The SMILES string of the molecule is CCCc1noc([C@H](C)N2CCn3ccnc3C2)n1. The van der Waals surface area contributed by atoms with Crippen LogP contribution < -0.4 is 0 Å². The summed E-state index contributed by atoms with van der Waals surface area (Å²) in [6.07, 6.45) is 5.80. The van der Waals surface area contributed by atoms with Crippen LogP contribution in [0.25, 0.3) is 0 Å². The minimum atomic E-state index is 0.142. The van der Waals surface area contributed by atoms with Gasteiger partial charge in [-0.05, 0) is 13.3 Å². The number of aryl methyl sites for hydroxylation is 1. The fourth-order valence-electron chi connectivity index (χ4n) is 2.44. The molecule has 1 aliphatic heterocycles. The third kappa shape index (κ3) is 2.40. The molecule has 19 heavy (non-hydrogen) atoms. The van der Waals surface area contributed by atoms with Crippen molar-refractivity contribution >= 4 is 0 Å². The lowest BCUT2D eigenvalue weighted by Crippen LogP contribution is -2.35. The molecule has 0 saturated heterocycles. The average Bonchev–Trinajstić information content (AvgIpc) is 3.05. The predicted molar refractivity (Wildman–Crippen MR) is 69.3 cm³/mol. The molecule has 3 heterocycles. The largest absolute Gasteiger partial charge is 0.338 e. The van der Waals surface area contributed by atoms with Gasteiger partial charge in [0.25, 0.3) is 0 Å². The first-order chi connectivity index (χ1) is 9.28. The van der Waals surface area contributed by atoms with Crippen molar-refractivity contribution in [1.29, 1.82) is 0 Å². The Bertz CT molecular complexity index is 547. The second kappa shape index (κ2) is 5.13. The number of hydrogen-bond donors (Lipinski definition) is 0. The van der Waals surface area contributed by atoms with E-state index < -0.39 is 0 Å². The number of nitrogens with zero attached hydrogens (tertiary/aromatic N) is 5. The highest BCUT2D eigenvalue weighted by Crippen LogP contribution is 2.23. The first kappa shape index (κ1) is 12.3. The van der Waals surface area contributed by atoms with Crippen LogP contribution in [0.2, 0.25) is 0 Å². The van der Waals surface area contributed by atoms with Crippen LogP contribution in [0.5, 0.6) is 0 Å². The van der Waals surface area contributed by atoms with Crippen LogP contribution >= 0.6 is 0 Å². The van der Waals surface area contributed by atoms with Crippen LogP contribution in [-0.4, -0.2) is 31.1 Å².